The second kappa shape index (κ2) is 2.66. The number of carbonyl (C=O) groups excluding carboxylic acids is 1. The zero-order valence-electron chi connectivity index (χ0n) is 6.96. The van der Waals surface area contributed by atoms with Crippen LogP contribution >= 0.6 is 0 Å². The molecule has 12 heavy (non-hydrogen) atoms. The Balaban J connectivity index is 2.29. The highest BCUT2D eigenvalue weighted by atomic mass is 16.5. The van der Waals surface area contributed by atoms with Crippen molar-refractivity contribution in [2.75, 3.05) is 7.11 Å². The summed E-state index contributed by atoms with van der Waals surface area (Å²) < 4.78 is 4.64. The van der Waals surface area contributed by atoms with Crippen LogP contribution in [0.25, 0.3) is 0 Å². The summed E-state index contributed by atoms with van der Waals surface area (Å²) in [5, 5.41) is 0. The van der Waals surface area contributed by atoms with Crippen LogP contribution in [0.3, 0.4) is 0 Å². The van der Waals surface area contributed by atoms with E-state index in [0.717, 1.165) is 5.56 Å². The maximum atomic E-state index is 11.2. The van der Waals surface area contributed by atoms with E-state index in [9.17, 15) is 4.79 Å². The van der Waals surface area contributed by atoms with E-state index in [1.54, 1.807) is 6.20 Å². The van der Waals surface area contributed by atoms with Gasteiger partial charge in [0.1, 0.15) is 5.69 Å². The van der Waals surface area contributed by atoms with E-state index in [0.29, 0.717) is 11.6 Å². The summed E-state index contributed by atoms with van der Waals surface area (Å²) in [4.78, 5) is 14.1. The number of aromatic nitrogens is 1. The summed E-state index contributed by atoms with van der Waals surface area (Å²) in [6.07, 6.45) is 4.18. The standard InChI is InChI=1S/C9H11NO2/c1-12-9(11)8-7(4-5-10-8)6-2-3-6/h4-6,10H,2-3H2,1H3. The van der Waals surface area contributed by atoms with Gasteiger partial charge in [-0.15, -0.1) is 0 Å². The monoisotopic (exact) mass is 165 g/mol. The Bertz CT molecular complexity index is 299. The number of carbonyl (C=O) groups is 1. The van der Waals surface area contributed by atoms with Crippen molar-refractivity contribution in [2.45, 2.75) is 18.8 Å². The Labute approximate surface area is 70.7 Å². The SMILES string of the molecule is COC(=O)c1[nH]ccc1C1CC1. The third-order valence-corrected chi connectivity index (χ3v) is 2.19. The molecule has 1 aromatic rings. The molecule has 0 atom stereocenters. The summed E-state index contributed by atoms with van der Waals surface area (Å²) in [5.74, 6) is 0.326. The zero-order chi connectivity index (χ0) is 8.55. The number of esters is 1. The molecule has 0 bridgehead atoms. The second-order valence-corrected chi connectivity index (χ2v) is 3.07. The maximum absolute atomic E-state index is 11.2. The van der Waals surface area contributed by atoms with Crippen LogP contribution in [0.5, 0.6) is 0 Å². The van der Waals surface area contributed by atoms with E-state index in [2.05, 4.69) is 9.72 Å². The van der Waals surface area contributed by atoms with Gasteiger partial charge < -0.3 is 9.72 Å². The highest BCUT2D eigenvalue weighted by Gasteiger charge is 2.28. The molecule has 1 saturated carbocycles. The fraction of sp³-hybridized carbons (Fsp3) is 0.444. The third kappa shape index (κ3) is 1.11. The molecule has 0 aromatic carbocycles. The predicted octanol–water partition coefficient (Wildman–Crippen LogP) is 1.68. The molecule has 0 radical (unpaired) electrons. The van der Waals surface area contributed by atoms with Crippen molar-refractivity contribution in [3.05, 3.63) is 23.5 Å². The normalized spacial score (nSPS) is 16.1. The Hall–Kier alpha value is -1.25. The van der Waals surface area contributed by atoms with Crippen molar-refractivity contribution >= 4 is 5.97 Å². The van der Waals surface area contributed by atoms with Crippen LogP contribution in [0, 0.1) is 0 Å². The lowest BCUT2D eigenvalue weighted by Gasteiger charge is -1.98. The molecule has 1 fully saturated rings. The summed E-state index contributed by atoms with van der Waals surface area (Å²) in [5.41, 5.74) is 1.74. The average Bonchev–Trinajstić information content (AvgIpc) is 2.83. The second-order valence-electron chi connectivity index (χ2n) is 3.07. The molecule has 1 heterocycles. The lowest BCUT2D eigenvalue weighted by molar-refractivity contribution is 0.0593. The molecule has 2 rings (SSSR count). The van der Waals surface area contributed by atoms with Gasteiger partial charge in [0.15, 0.2) is 0 Å². The minimum Gasteiger partial charge on any atom is -0.464 e. The van der Waals surface area contributed by atoms with E-state index in [1.807, 2.05) is 6.07 Å². The molecule has 3 heteroatoms. The predicted molar refractivity (Wildman–Crippen MR) is 44.1 cm³/mol. The van der Waals surface area contributed by atoms with Crippen molar-refractivity contribution in [1.29, 1.82) is 0 Å². The van der Waals surface area contributed by atoms with Crippen LogP contribution in [0.15, 0.2) is 12.3 Å². The molecule has 1 aliphatic carbocycles. The number of hydrogen-bond acceptors (Lipinski definition) is 2. The number of methoxy groups -OCH3 is 1. The van der Waals surface area contributed by atoms with E-state index in [-0.39, 0.29) is 5.97 Å². The summed E-state index contributed by atoms with van der Waals surface area (Å²) in [6, 6.07) is 1.96. The molecule has 1 aromatic heterocycles. The van der Waals surface area contributed by atoms with Crippen LogP contribution in [-0.4, -0.2) is 18.1 Å². The molecule has 64 valence electrons. The molecule has 0 aliphatic heterocycles. The van der Waals surface area contributed by atoms with Crippen LogP contribution in [0.1, 0.15) is 34.8 Å². The lowest BCUT2D eigenvalue weighted by atomic mass is 10.1. The lowest BCUT2D eigenvalue weighted by Crippen LogP contribution is -2.04. The van der Waals surface area contributed by atoms with Gasteiger partial charge in [-0.2, -0.15) is 0 Å². The molecular formula is C9H11NO2. The molecular weight excluding hydrogens is 154 g/mol. The summed E-state index contributed by atoms with van der Waals surface area (Å²) in [6.45, 7) is 0. The number of ether oxygens (including phenoxy) is 1. The van der Waals surface area contributed by atoms with Gasteiger partial charge in [0, 0.05) is 6.20 Å². The first-order chi connectivity index (χ1) is 5.83. The first kappa shape index (κ1) is 7.40. The van der Waals surface area contributed by atoms with Crippen molar-refractivity contribution in [1.82, 2.24) is 4.98 Å². The summed E-state index contributed by atoms with van der Waals surface area (Å²) in [7, 11) is 1.40. The molecule has 1 N–H and O–H groups in total. The van der Waals surface area contributed by atoms with Crippen LogP contribution in [0.4, 0.5) is 0 Å². The fourth-order valence-electron chi connectivity index (χ4n) is 1.39. The molecule has 0 unspecified atom stereocenters. The van der Waals surface area contributed by atoms with Gasteiger partial charge >= 0.3 is 5.97 Å². The van der Waals surface area contributed by atoms with Gasteiger partial charge in [0.05, 0.1) is 7.11 Å². The number of rotatable bonds is 2. The Kier molecular flexibility index (Phi) is 1.64. The maximum Gasteiger partial charge on any atom is 0.354 e. The number of hydrogen-bond donors (Lipinski definition) is 1. The highest BCUT2D eigenvalue weighted by molar-refractivity contribution is 5.89. The van der Waals surface area contributed by atoms with Crippen molar-refractivity contribution in [3.63, 3.8) is 0 Å². The number of aromatic amines is 1. The first-order valence-electron chi connectivity index (χ1n) is 4.08. The third-order valence-electron chi connectivity index (χ3n) is 2.19. The van der Waals surface area contributed by atoms with E-state index >= 15 is 0 Å². The molecule has 3 nitrogen and oxygen atoms in total. The van der Waals surface area contributed by atoms with Gasteiger partial charge in [-0.25, -0.2) is 4.79 Å². The number of H-pyrrole nitrogens is 1. The first-order valence-corrected chi connectivity index (χ1v) is 4.08. The van der Waals surface area contributed by atoms with Crippen LogP contribution < -0.4 is 0 Å². The smallest absolute Gasteiger partial charge is 0.354 e. The Morgan fingerprint density at radius 1 is 1.67 bits per heavy atom. The van der Waals surface area contributed by atoms with Crippen LogP contribution in [0.2, 0.25) is 0 Å². The zero-order valence-corrected chi connectivity index (χ0v) is 6.96. The van der Waals surface area contributed by atoms with Crippen molar-refractivity contribution in [2.24, 2.45) is 0 Å². The molecule has 0 spiro atoms. The largest absolute Gasteiger partial charge is 0.464 e. The molecule has 0 saturated heterocycles. The minimum atomic E-state index is -0.262. The van der Waals surface area contributed by atoms with Gasteiger partial charge in [-0.3, -0.25) is 0 Å². The number of nitrogens with one attached hydrogen (secondary N) is 1. The van der Waals surface area contributed by atoms with E-state index < -0.39 is 0 Å². The van der Waals surface area contributed by atoms with Crippen molar-refractivity contribution in [3.8, 4) is 0 Å². The van der Waals surface area contributed by atoms with Gasteiger partial charge in [0.2, 0.25) is 0 Å². The summed E-state index contributed by atoms with van der Waals surface area (Å²) >= 11 is 0. The highest BCUT2D eigenvalue weighted by Crippen LogP contribution is 2.41. The topological polar surface area (TPSA) is 42.1 Å². The van der Waals surface area contributed by atoms with Gasteiger partial charge in [0.25, 0.3) is 0 Å². The molecule has 1 aliphatic rings. The quantitative estimate of drug-likeness (QED) is 0.677. The Morgan fingerprint density at radius 3 is 3.00 bits per heavy atom. The van der Waals surface area contributed by atoms with E-state index in [4.69, 9.17) is 0 Å². The van der Waals surface area contributed by atoms with Crippen LogP contribution in [-0.2, 0) is 4.74 Å². The van der Waals surface area contributed by atoms with Gasteiger partial charge in [-0.05, 0) is 30.4 Å². The average molecular weight is 165 g/mol. The Morgan fingerprint density at radius 2 is 2.42 bits per heavy atom. The van der Waals surface area contributed by atoms with Gasteiger partial charge in [-0.1, -0.05) is 0 Å². The fourth-order valence-corrected chi connectivity index (χ4v) is 1.39. The van der Waals surface area contributed by atoms with E-state index in [1.165, 1.54) is 20.0 Å². The minimum absolute atomic E-state index is 0.262. The molecule has 0 amide bonds. The van der Waals surface area contributed by atoms with Crippen molar-refractivity contribution < 1.29 is 9.53 Å².